The van der Waals surface area contributed by atoms with Crippen LogP contribution < -0.4 is 10.0 Å². The van der Waals surface area contributed by atoms with Gasteiger partial charge in [-0.15, -0.1) is 0 Å². The smallest absolute Gasteiger partial charge is 0.295 e. The van der Waals surface area contributed by atoms with E-state index in [-0.39, 0.29) is 5.09 Å². The van der Waals surface area contributed by atoms with E-state index in [4.69, 9.17) is 16.0 Å². The van der Waals surface area contributed by atoms with Crippen LogP contribution in [0.5, 0.6) is 0 Å². The van der Waals surface area contributed by atoms with Gasteiger partial charge in [0.25, 0.3) is 10.0 Å². The number of hydrogen-bond donors (Lipinski definition) is 2. The Morgan fingerprint density at radius 1 is 1.14 bits per heavy atom. The van der Waals surface area contributed by atoms with Gasteiger partial charge >= 0.3 is 0 Å². The minimum absolute atomic E-state index is 0.106. The first-order chi connectivity index (χ1) is 10.0. The summed E-state index contributed by atoms with van der Waals surface area (Å²) in [6, 6.07) is 9.50. The van der Waals surface area contributed by atoms with Gasteiger partial charge in [0.2, 0.25) is 5.09 Å². The molecule has 0 saturated carbocycles. The Hall–Kier alpha value is -1.50. The maximum absolute atomic E-state index is 12.2. The molecule has 0 radical (unpaired) electrons. The zero-order valence-electron chi connectivity index (χ0n) is 11.6. The van der Waals surface area contributed by atoms with E-state index >= 15 is 0 Å². The lowest BCUT2D eigenvalue weighted by atomic mass is 10.3. The molecule has 1 aromatic heterocycles. The summed E-state index contributed by atoms with van der Waals surface area (Å²) in [5.41, 5.74) is 0.432. The van der Waals surface area contributed by atoms with E-state index in [1.54, 1.807) is 30.3 Å². The molecule has 2 aromatic rings. The Morgan fingerprint density at radius 2 is 1.86 bits per heavy atom. The van der Waals surface area contributed by atoms with Crippen LogP contribution in [0.3, 0.4) is 0 Å². The molecule has 2 rings (SSSR count). The fourth-order valence-electron chi connectivity index (χ4n) is 1.71. The van der Waals surface area contributed by atoms with Crippen LogP contribution in [0.15, 0.2) is 45.9 Å². The van der Waals surface area contributed by atoms with Gasteiger partial charge in [0.15, 0.2) is 0 Å². The molecule has 21 heavy (non-hydrogen) atoms. The highest BCUT2D eigenvalue weighted by atomic mass is 35.5. The molecule has 0 amide bonds. The monoisotopic (exact) mass is 328 g/mol. The van der Waals surface area contributed by atoms with Crippen molar-refractivity contribution >= 4 is 27.3 Å². The summed E-state index contributed by atoms with van der Waals surface area (Å²) in [6.45, 7) is 3.41. The van der Waals surface area contributed by atoms with Gasteiger partial charge in [-0.1, -0.05) is 18.5 Å². The molecule has 0 aliphatic heterocycles. The van der Waals surface area contributed by atoms with Crippen molar-refractivity contribution in [2.45, 2.75) is 25.0 Å². The van der Waals surface area contributed by atoms with Crippen molar-refractivity contribution < 1.29 is 12.8 Å². The van der Waals surface area contributed by atoms with Crippen LogP contribution in [0.25, 0.3) is 0 Å². The van der Waals surface area contributed by atoms with Crippen LogP contribution in [0.2, 0.25) is 5.02 Å². The van der Waals surface area contributed by atoms with Crippen LogP contribution in [0.1, 0.15) is 19.1 Å². The lowest BCUT2D eigenvalue weighted by Gasteiger charge is -2.05. The van der Waals surface area contributed by atoms with Crippen molar-refractivity contribution in [3.05, 3.63) is 47.2 Å². The fraction of sp³-hybridized carbons (Fsp3) is 0.286. The number of hydrogen-bond acceptors (Lipinski definition) is 4. The van der Waals surface area contributed by atoms with Gasteiger partial charge in [0.1, 0.15) is 5.76 Å². The third-order valence-corrected chi connectivity index (χ3v) is 4.23. The first-order valence-corrected chi connectivity index (χ1v) is 8.45. The van der Waals surface area contributed by atoms with Gasteiger partial charge in [-0.25, -0.2) is 0 Å². The SMILES string of the molecule is CCCNCc1ccc(S(=O)(=O)Nc2ccc(Cl)cc2)o1. The average molecular weight is 329 g/mol. The highest BCUT2D eigenvalue weighted by molar-refractivity contribution is 7.92. The van der Waals surface area contributed by atoms with E-state index in [0.717, 1.165) is 13.0 Å². The molecule has 7 heteroatoms. The third kappa shape index (κ3) is 4.49. The summed E-state index contributed by atoms with van der Waals surface area (Å²) in [4.78, 5) is 0. The first-order valence-electron chi connectivity index (χ1n) is 6.59. The largest absolute Gasteiger partial charge is 0.446 e. The number of halogens is 1. The maximum Gasteiger partial charge on any atom is 0.295 e. The molecular formula is C14H17ClN2O3S. The molecule has 0 atom stereocenters. The van der Waals surface area contributed by atoms with Gasteiger partial charge in [0, 0.05) is 10.7 Å². The predicted molar refractivity (Wildman–Crippen MR) is 83.0 cm³/mol. The fourth-order valence-corrected chi connectivity index (χ4v) is 2.85. The zero-order chi connectivity index (χ0) is 15.3. The lowest BCUT2D eigenvalue weighted by molar-refractivity contribution is 0.403. The quantitative estimate of drug-likeness (QED) is 0.765. The van der Waals surface area contributed by atoms with Crippen LogP contribution in [0, 0.1) is 0 Å². The zero-order valence-corrected chi connectivity index (χ0v) is 13.2. The number of benzene rings is 1. The second-order valence-electron chi connectivity index (χ2n) is 4.51. The van der Waals surface area contributed by atoms with Crippen LogP contribution >= 0.6 is 11.6 Å². The molecule has 0 fully saturated rings. The highest BCUT2D eigenvalue weighted by Crippen LogP contribution is 2.20. The number of furan rings is 1. The van der Waals surface area contributed by atoms with Crippen molar-refractivity contribution in [2.24, 2.45) is 0 Å². The van der Waals surface area contributed by atoms with Crippen LogP contribution in [0.4, 0.5) is 5.69 Å². The molecule has 0 aliphatic rings. The van der Waals surface area contributed by atoms with Crippen LogP contribution in [-0.2, 0) is 16.6 Å². The standard InChI is InChI=1S/C14H17ClN2O3S/c1-2-9-16-10-13-7-8-14(20-13)21(18,19)17-12-5-3-11(15)4-6-12/h3-8,16-17H,2,9-10H2,1H3. The Balaban J connectivity index is 2.07. The first kappa shape index (κ1) is 15.9. The van der Waals surface area contributed by atoms with Gasteiger partial charge < -0.3 is 9.73 Å². The topological polar surface area (TPSA) is 71.3 Å². The Bertz CT molecular complexity index is 680. The Morgan fingerprint density at radius 3 is 2.52 bits per heavy atom. The van der Waals surface area contributed by atoms with Gasteiger partial charge in [-0.05, 0) is 49.4 Å². The summed E-state index contributed by atoms with van der Waals surface area (Å²) in [7, 11) is -3.72. The predicted octanol–water partition coefficient (Wildman–Crippen LogP) is 3.23. The highest BCUT2D eigenvalue weighted by Gasteiger charge is 2.18. The minimum atomic E-state index is -3.72. The van der Waals surface area contributed by atoms with Gasteiger partial charge in [0.05, 0.1) is 6.54 Å². The average Bonchev–Trinajstić information content (AvgIpc) is 2.91. The molecule has 0 spiro atoms. The van der Waals surface area contributed by atoms with Gasteiger partial charge in [-0.3, -0.25) is 4.72 Å². The number of anilines is 1. The van der Waals surface area contributed by atoms with E-state index in [1.165, 1.54) is 6.07 Å². The normalized spacial score (nSPS) is 11.5. The molecule has 1 aromatic carbocycles. The second kappa shape index (κ2) is 6.98. The maximum atomic E-state index is 12.2. The molecule has 5 nitrogen and oxygen atoms in total. The van der Waals surface area contributed by atoms with Crippen LogP contribution in [-0.4, -0.2) is 15.0 Å². The third-order valence-electron chi connectivity index (χ3n) is 2.72. The summed E-state index contributed by atoms with van der Waals surface area (Å²) >= 11 is 5.76. The van der Waals surface area contributed by atoms with E-state index in [1.807, 2.05) is 0 Å². The van der Waals surface area contributed by atoms with Crippen molar-refractivity contribution in [3.63, 3.8) is 0 Å². The number of sulfonamides is 1. The van der Waals surface area contributed by atoms with E-state index in [2.05, 4.69) is 17.0 Å². The molecule has 0 saturated heterocycles. The molecule has 1 heterocycles. The van der Waals surface area contributed by atoms with Crippen molar-refractivity contribution in [1.29, 1.82) is 0 Å². The summed E-state index contributed by atoms with van der Waals surface area (Å²) < 4.78 is 32.1. The van der Waals surface area contributed by atoms with Crippen molar-refractivity contribution in [1.82, 2.24) is 5.32 Å². The van der Waals surface area contributed by atoms with E-state index < -0.39 is 10.0 Å². The molecule has 0 aliphatic carbocycles. The summed E-state index contributed by atoms with van der Waals surface area (Å²) in [5.74, 6) is 0.583. The van der Waals surface area contributed by atoms with Crippen molar-refractivity contribution in [3.8, 4) is 0 Å². The van der Waals surface area contributed by atoms with E-state index in [0.29, 0.717) is 23.0 Å². The van der Waals surface area contributed by atoms with Crippen molar-refractivity contribution in [2.75, 3.05) is 11.3 Å². The second-order valence-corrected chi connectivity index (χ2v) is 6.56. The minimum Gasteiger partial charge on any atom is -0.446 e. The molecule has 0 bridgehead atoms. The number of nitrogens with one attached hydrogen (secondary N) is 2. The van der Waals surface area contributed by atoms with E-state index in [9.17, 15) is 8.42 Å². The Labute approximate surface area is 129 Å². The summed E-state index contributed by atoms with van der Waals surface area (Å²) in [6.07, 6.45) is 1.00. The Kier molecular flexibility index (Phi) is 5.27. The lowest BCUT2D eigenvalue weighted by Crippen LogP contribution is -2.14. The van der Waals surface area contributed by atoms with Gasteiger partial charge in [-0.2, -0.15) is 8.42 Å². The molecular weight excluding hydrogens is 312 g/mol. The molecule has 114 valence electrons. The number of rotatable bonds is 7. The molecule has 2 N–H and O–H groups in total. The summed E-state index contributed by atoms with van der Waals surface area (Å²) in [5, 5.41) is 3.58. The molecule has 0 unspecified atom stereocenters.